The van der Waals surface area contributed by atoms with Gasteiger partial charge in [0.15, 0.2) is 0 Å². The molecule has 0 aliphatic carbocycles. The molecule has 0 spiro atoms. The number of carbonyl (C=O) groups excluding carboxylic acids is 1. The average Bonchev–Trinajstić information content (AvgIpc) is 2.56. The summed E-state index contributed by atoms with van der Waals surface area (Å²) in [6.07, 6.45) is 1.84. The Morgan fingerprint density at radius 3 is 2.62 bits per heavy atom. The summed E-state index contributed by atoms with van der Waals surface area (Å²) >= 11 is 5.78. The maximum absolute atomic E-state index is 12.1. The van der Waals surface area contributed by atoms with Gasteiger partial charge in [0, 0.05) is 12.7 Å². The van der Waals surface area contributed by atoms with Crippen molar-refractivity contribution in [1.82, 2.24) is 15.0 Å². The lowest BCUT2D eigenvalue weighted by Crippen LogP contribution is -2.37. The molecule has 0 bridgehead atoms. The number of benzene rings is 1. The lowest BCUT2D eigenvalue weighted by Gasteiger charge is -2.08. The Balaban J connectivity index is 1.83. The van der Waals surface area contributed by atoms with Crippen molar-refractivity contribution in [3.8, 4) is 0 Å². The first kappa shape index (κ1) is 18.4. The van der Waals surface area contributed by atoms with E-state index in [0.29, 0.717) is 18.5 Å². The molecule has 24 heavy (non-hydrogen) atoms. The Labute approximate surface area is 146 Å². The van der Waals surface area contributed by atoms with Crippen LogP contribution in [0.4, 0.5) is 0 Å². The summed E-state index contributed by atoms with van der Waals surface area (Å²) in [6.45, 7) is 1.76. The zero-order valence-corrected chi connectivity index (χ0v) is 14.7. The van der Waals surface area contributed by atoms with Gasteiger partial charge in [-0.2, -0.15) is 0 Å². The molecule has 0 aliphatic rings. The van der Waals surface area contributed by atoms with E-state index >= 15 is 0 Å². The number of carbonyl (C=O) groups is 1. The molecule has 0 saturated carbocycles. The molecule has 0 aliphatic heterocycles. The number of hydrogen-bond donors (Lipinski definition) is 2. The third-order valence-electron chi connectivity index (χ3n) is 3.30. The number of halogens is 1. The van der Waals surface area contributed by atoms with Crippen molar-refractivity contribution in [2.75, 3.05) is 13.1 Å². The van der Waals surface area contributed by atoms with Crippen LogP contribution < -0.4 is 10.0 Å². The van der Waals surface area contributed by atoms with Gasteiger partial charge in [-0.05, 0) is 30.5 Å². The predicted octanol–water partition coefficient (Wildman–Crippen LogP) is 1.68. The summed E-state index contributed by atoms with van der Waals surface area (Å²) in [5.41, 5.74) is 1.65. The summed E-state index contributed by atoms with van der Waals surface area (Å²) in [5.74, 6) is -0.395. The van der Waals surface area contributed by atoms with Crippen LogP contribution in [0.5, 0.6) is 0 Å². The molecule has 0 atom stereocenters. The normalized spacial score (nSPS) is 11.2. The second-order valence-electron chi connectivity index (χ2n) is 5.19. The molecule has 2 rings (SSSR count). The van der Waals surface area contributed by atoms with Gasteiger partial charge in [-0.3, -0.25) is 4.79 Å². The molecule has 2 aromatic rings. The van der Waals surface area contributed by atoms with E-state index in [2.05, 4.69) is 15.0 Å². The Morgan fingerprint density at radius 1 is 1.25 bits per heavy atom. The SMILES string of the molecule is Cc1cc(S(=O)(=O)NCC(=O)NCCc2ccccc2)cnc1Cl. The second kappa shape index (κ2) is 8.23. The zero-order chi connectivity index (χ0) is 17.6. The van der Waals surface area contributed by atoms with Gasteiger partial charge in [-0.1, -0.05) is 41.9 Å². The minimum Gasteiger partial charge on any atom is -0.355 e. The molecule has 2 N–H and O–H groups in total. The lowest BCUT2D eigenvalue weighted by atomic mass is 10.1. The molecule has 8 heteroatoms. The topological polar surface area (TPSA) is 88.2 Å². The quantitative estimate of drug-likeness (QED) is 0.729. The van der Waals surface area contributed by atoms with Gasteiger partial charge in [-0.25, -0.2) is 18.1 Å². The van der Waals surface area contributed by atoms with Gasteiger partial charge < -0.3 is 5.32 Å². The fourth-order valence-electron chi connectivity index (χ4n) is 1.98. The molecule has 6 nitrogen and oxygen atoms in total. The first-order valence-electron chi connectivity index (χ1n) is 7.31. The van der Waals surface area contributed by atoms with Crippen LogP contribution in [0.25, 0.3) is 0 Å². The molecule has 0 fully saturated rings. The summed E-state index contributed by atoms with van der Waals surface area (Å²) < 4.78 is 26.5. The third-order valence-corrected chi connectivity index (χ3v) is 5.06. The standard InChI is InChI=1S/C16H18ClN3O3S/c1-12-9-14(10-19-16(12)17)24(22,23)20-11-15(21)18-8-7-13-5-3-2-4-6-13/h2-6,9-10,20H,7-8,11H2,1H3,(H,18,21). The molecule has 128 valence electrons. The minimum atomic E-state index is -3.80. The fraction of sp³-hybridized carbons (Fsp3) is 0.250. The lowest BCUT2D eigenvalue weighted by molar-refractivity contribution is -0.119. The van der Waals surface area contributed by atoms with Crippen molar-refractivity contribution in [1.29, 1.82) is 0 Å². The number of pyridine rings is 1. The van der Waals surface area contributed by atoms with Gasteiger partial charge in [-0.15, -0.1) is 0 Å². The van der Waals surface area contributed by atoms with Gasteiger partial charge in [0.05, 0.1) is 6.54 Å². The van der Waals surface area contributed by atoms with Gasteiger partial charge in [0.25, 0.3) is 0 Å². The Morgan fingerprint density at radius 2 is 1.96 bits per heavy atom. The number of aryl methyl sites for hydroxylation is 1. The maximum atomic E-state index is 12.1. The third kappa shape index (κ3) is 5.30. The maximum Gasteiger partial charge on any atom is 0.242 e. The van der Waals surface area contributed by atoms with E-state index in [0.717, 1.165) is 11.8 Å². The van der Waals surface area contributed by atoms with Crippen LogP contribution in [0.1, 0.15) is 11.1 Å². The predicted molar refractivity (Wildman–Crippen MR) is 92.3 cm³/mol. The molecule has 1 amide bonds. The van der Waals surface area contributed by atoms with Crippen LogP contribution in [0.15, 0.2) is 47.5 Å². The van der Waals surface area contributed by atoms with Crippen molar-refractivity contribution >= 4 is 27.5 Å². The summed E-state index contributed by atoms with van der Waals surface area (Å²) in [6, 6.07) is 11.1. The molecule has 1 aromatic heterocycles. The molecular weight excluding hydrogens is 350 g/mol. The van der Waals surface area contributed by atoms with Gasteiger partial charge in [0.2, 0.25) is 15.9 Å². The van der Waals surface area contributed by atoms with E-state index in [4.69, 9.17) is 11.6 Å². The van der Waals surface area contributed by atoms with Crippen LogP contribution in [0.2, 0.25) is 5.15 Å². The van der Waals surface area contributed by atoms with E-state index in [9.17, 15) is 13.2 Å². The van der Waals surface area contributed by atoms with E-state index < -0.39 is 15.9 Å². The first-order chi connectivity index (χ1) is 11.4. The highest BCUT2D eigenvalue weighted by atomic mass is 35.5. The average molecular weight is 368 g/mol. The minimum absolute atomic E-state index is 0.0264. The monoisotopic (exact) mass is 367 g/mol. The molecule has 0 saturated heterocycles. The van der Waals surface area contributed by atoms with Crippen molar-refractivity contribution in [2.45, 2.75) is 18.2 Å². The molecule has 1 heterocycles. The highest BCUT2D eigenvalue weighted by molar-refractivity contribution is 7.89. The smallest absolute Gasteiger partial charge is 0.242 e. The van der Waals surface area contributed by atoms with E-state index in [1.54, 1.807) is 6.92 Å². The highest BCUT2D eigenvalue weighted by Crippen LogP contribution is 2.15. The van der Waals surface area contributed by atoms with Gasteiger partial charge in [0.1, 0.15) is 10.0 Å². The fourth-order valence-corrected chi connectivity index (χ4v) is 3.09. The number of aromatic nitrogens is 1. The van der Waals surface area contributed by atoms with Gasteiger partial charge >= 0.3 is 0 Å². The van der Waals surface area contributed by atoms with Crippen molar-refractivity contribution in [3.63, 3.8) is 0 Å². The van der Waals surface area contributed by atoms with E-state index in [1.165, 1.54) is 6.07 Å². The molecule has 0 unspecified atom stereocenters. The summed E-state index contributed by atoms with van der Waals surface area (Å²) in [7, 11) is -3.80. The van der Waals surface area contributed by atoms with E-state index in [1.807, 2.05) is 30.3 Å². The van der Waals surface area contributed by atoms with Crippen molar-refractivity contribution < 1.29 is 13.2 Å². The number of hydrogen-bond acceptors (Lipinski definition) is 4. The van der Waals surface area contributed by atoms with E-state index in [-0.39, 0.29) is 16.6 Å². The molecule has 1 aromatic carbocycles. The van der Waals surface area contributed by atoms with Crippen LogP contribution >= 0.6 is 11.6 Å². The summed E-state index contributed by atoms with van der Waals surface area (Å²) in [4.78, 5) is 15.5. The molecule has 0 radical (unpaired) electrons. The number of amides is 1. The first-order valence-corrected chi connectivity index (χ1v) is 9.17. The Bertz CT molecular complexity index is 811. The largest absolute Gasteiger partial charge is 0.355 e. The van der Waals surface area contributed by atoms with Crippen LogP contribution in [-0.4, -0.2) is 32.4 Å². The number of nitrogens with one attached hydrogen (secondary N) is 2. The zero-order valence-electron chi connectivity index (χ0n) is 13.1. The number of rotatable bonds is 7. The number of sulfonamides is 1. The Kier molecular flexibility index (Phi) is 6.30. The van der Waals surface area contributed by atoms with Crippen LogP contribution in [0, 0.1) is 6.92 Å². The Hall–Kier alpha value is -1.96. The van der Waals surface area contributed by atoms with Crippen molar-refractivity contribution in [3.05, 3.63) is 58.9 Å². The van der Waals surface area contributed by atoms with Crippen LogP contribution in [0.3, 0.4) is 0 Å². The molecular formula is C16H18ClN3O3S. The highest BCUT2D eigenvalue weighted by Gasteiger charge is 2.16. The number of nitrogens with zero attached hydrogens (tertiary/aromatic N) is 1. The summed E-state index contributed by atoms with van der Waals surface area (Å²) in [5, 5.41) is 2.92. The second-order valence-corrected chi connectivity index (χ2v) is 7.31. The van der Waals surface area contributed by atoms with Crippen LogP contribution in [-0.2, 0) is 21.2 Å². The van der Waals surface area contributed by atoms with Crippen molar-refractivity contribution in [2.24, 2.45) is 0 Å².